The van der Waals surface area contributed by atoms with E-state index >= 15 is 0 Å². The molecule has 2 aromatic carbocycles. The van der Waals surface area contributed by atoms with Crippen molar-refractivity contribution in [2.24, 2.45) is 5.73 Å². The van der Waals surface area contributed by atoms with Crippen LogP contribution in [-0.4, -0.2) is 6.26 Å². The number of thioether (sulfide) groups is 1. The molecular weight excluding hydrogens is 372 g/mol. The van der Waals surface area contributed by atoms with E-state index in [-0.39, 0.29) is 11.3 Å². The van der Waals surface area contributed by atoms with Crippen LogP contribution in [0.2, 0.25) is 0 Å². The summed E-state index contributed by atoms with van der Waals surface area (Å²) in [5.74, 6) is 1.22. The fourth-order valence-corrected chi connectivity index (χ4v) is 4.19. The van der Waals surface area contributed by atoms with Gasteiger partial charge in [-0.15, -0.1) is 11.8 Å². The third-order valence-electron chi connectivity index (χ3n) is 5.06. The summed E-state index contributed by atoms with van der Waals surface area (Å²) in [4.78, 5) is 13.8. The van der Waals surface area contributed by atoms with Gasteiger partial charge in [-0.1, -0.05) is 18.2 Å². The van der Waals surface area contributed by atoms with Crippen molar-refractivity contribution in [2.45, 2.75) is 24.7 Å². The highest BCUT2D eigenvalue weighted by molar-refractivity contribution is 7.98. The van der Waals surface area contributed by atoms with Crippen molar-refractivity contribution in [3.05, 3.63) is 80.7 Å². The Kier molecular flexibility index (Phi) is 4.40. The molecule has 2 heterocycles. The van der Waals surface area contributed by atoms with Gasteiger partial charge in [-0.3, -0.25) is 4.79 Å². The molecule has 0 amide bonds. The van der Waals surface area contributed by atoms with Crippen molar-refractivity contribution in [3.8, 4) is 11.8 Å². The number of hydrogen-bond acceptors (Lipinski definition) is 6. The van der Waals surface area contributed by atoms with Gasteiger partial charge in [0.2, 0.25) is 5.88 Å². The van der Waals surface area contributed by atoms with E-state index in [0.717, 1.165) is 16.0 Å². The average Bonchev–Trinajstić information content (AvgIpc) is 2.90. The van der Waals surface area contributed by atoms with Crippen LogP contribution in [0.5, 0.6) is 5.75 Å². The topological polar surface area (TPSA) is 89.3 Å². The highest BCUT2D eigenvalue weighted by Gasteiger charge is 2.32. The molecule has 0 fully saturated rings. The minimum Gasteiger partial charge on any atom is -0.465 e. The van der Waals surface area contributed by atoms with Crippen LogP contribution in [0, 0.1) is 25.2 Å². The summed E-state index contributed by atoms with van der Waals surface area (Å²) in [6.45, 7) is 3.55. The fraction of sp³-hybridized carbons (Fsp3) is 0.182. The van der Waals surface area contributed by atoms with Gasteiger partial charge in [-0.05, 0) is 43.9 Å². The Balaban J connectivity index is 2.08. The third kappa shape index (κ3) is 2.67. The summed E-state index contributed by atoms with van der Waals surface area (Å²) in [5, 5.41) is 10.8. The van der Waals surface area contributed by atoms with Gasteiger partial charge in [0, 0.05) is 10.5 Å². The molecule has 1 aliphatic heterocycles. The molecule has 1 aromatic heterocycles. The molecule has 140 valence electrons. The maximum Gasteiger partial charge on any atom is 0.205 e. The van der Waals surface area contributed by atoms with Crippen LogP contribution in [0.1, 0.15) is 28.6 Å². The van der Waals surface area contributed by atoms with Crippen molar-refractivity contribution >= 4 is 22.5 Å². The zero-order valence-electron chi connectivity index (χ0n) is 15.7. The number of rotatable bonds is 2. The summed E-state index contributed by atoms with van der Waals surface area (Å²) in [6.07, 6.45) is 2.01. The van der Waals surface area contributed by atoms with E-state index in [1.807, 2.05) is 30.5 Å². The van der Waals surface area contributed by atoms with E-state index < -0.39 is 5.92 Å². The predicted molar refractivity (Wildman–Crippen MR) is 109 cm³/mol. The SMILES string of the molecule is CSc1ccc([C@H]2C(C#N)=C(N)Oc3c2ccc(=O)c2c(C)oc(C)c32)cc1. The number of furan rings is 1. The van der Waals surface area contributed by atoms with Crippen LogP contribution >= 0.6 is 11.8 Å². The standard InChI is InChI=1S/C22H18N2O3S/c1-11-18-17(25)9-8-15-20(13-4-6-14(28-3)7-5-13)16(10-23)22(24)27-21(15)19(18)12(2)26-11/h4-9,20H,24H2,1-3H3/t20-/m1/s1. The number of nitrogens with two attached hydrogens (primary N) is 1. The lowest BCUT2D eigenvalue weighted by Crippen LogP contribution is -2.20. The molecule has 1 atom stereocenters. The molecule has 1 aliphatic rings. The van der Waals surface area contributed by atoms with Gasteiger partial charge in [-0.25, -0.2) is 0 Å². The van der Waals surface area contributed by atoms with Crippen LogP contribution in [0.25, 0.3) is 10.8 Å². The molecule has 4 rings (SSSR count). The largest absolute Gasteiger partial charge is 0.465 e. The van der Waals surface area contributed by atoms with Crippen molar-refractivity contribution < 1.29 is 9.15 Å². The number of fused-ring (bicyclic) bond motifs is 3. The Morgan fingerprint density at radius 2 is 1.75 bits per heavy atom. The Labute approximate surface area is 166 Å². The highest BCUT2D eigenvalue weighted by Crippen LogP contribution is 2.45. The number of nitriles is 1. The van der Waals surface area contributed by atoms with Crippen LogP contribution in [0.15, 0.2) is 62.0 Å². The molecule has 0 saturated heterocycles. The van der Waals surface area contributed by atoms with Gasteiger partial charge in [0.15, 0.2) is 5.43 Å². The molecule has 28 heavy (non-hydrogen) atoms. The van der Waals surface area contributed by atoms with Gasteiger partial charge in [-0.2, -0.15) is 5.26 Å². The minimum atomic E-state index is -0.422. The second kappa shape index (κ2) is 6.77. The summed E-state index contributed by atoms with van der Waals surface area (Å²) in [5.41, 5.74) is 7.94. The zero-order chi connectivity index (χ0) is 20.0. The van der Waals surface area contributed by atoms with E-state index in [4.69, 9.17) is 14.9 Å². The first-order chi connectivity index (χ1) is 13.5. The molecule has 0 saturated carbocycles. The smallest absolute Gasteiger partial charge is 0.205 e. The molecule has 5 nitrogen and oxygen atoms in total. The number of ether oxygens (including phenoxy) is 1. The van der Waals surface area contributed by atoms with Gasteiger partial charge >= 0.3 is 0 Å². The fourth-order valence-electron chi connectivity index (χ4n) is 3.78. The van der Waals surface area contributed by atoms with Crippen molar-refractivity contribution in [1.29, 1.82) is 5.26 Å². The van der Waals surface area contributed by atoms with E-state index in [1.165, 1.54) is 6.07 Å². The van der Waals surface area contributed by atoms with Gasteiger partial charge in [0.1, 0.15) is 28.9 Å². The first kappa shape index (κ1) is 18.2. The van der Waals surface area contributed by atoms with Crippen LogP contribution in [-0.2, 0) is 0 Å². The number of nitrogens with zero attached hydrogens (tertiary/aromatic N) is 1. The molecule has 0 unspecified atom stereocenters. The predicted octanol–water partition coefficient (Wildman–Crippen LogP) is 4.35. The van der Waals surface area contributed by atoms with Gasteiger partial charge in [0.25, 0.3) is 0 Å². The number of allylic oxidation sites excluding steroid dienone is 1. The molecular formula is C22H18N2O3S. The summed E-state index contributed by atoms with van der Waals surface area (Å²) in [7, 11) is 0. The Morgan fingerprint density at radius 1 is 1.07 bits per heavy atom. The Morgan fingerprint density at radius 3 is 2.39 bits per heavy atom. The normalized spacial score (nSPS) is 15.9. The van der Waals surface area contributed by atoms with E-state index in [9.17, 15) is 10.1 Å². The monoisotopic (exact) mass is 390 g/mol. The molecule has 0 aliphatic carbocycles. The second-order valence-corrected chi connectivity index (χ2v) is 7.52. The summed E-state index contributed by atoms with van der Waals surface area (Å²) >= 11 is 1.64. The molecule has 3 aromatic rings. The molecule has 6 heteroatoms. The van der Waals surface area contributed by atoms with Crippen LogP contribution in [0.3, 0.4) is 0 Å². The van der Waals surface area contributed by atoms with E-state index in [1.54, 1.807) is 31.7 Å². The van der Waals surface area contributed by atoms with Crippen molar-refractivity contribution in [2.75, 3.05) is 6.26 Å². The van der Waals surface area contributed by atoms with E-state index in [2.05, 4.69) is 6.07 Å². The lowest BCUT2D eigenvalue weighted by atomic mass is 9.84. The van der Waals surface area contributed by atoms with Crippen molar-refractivity contribution in [1.82, 2.24) is 0 Å². The Bertz CT molecular complexity index is 1230. The first-order valence-electron chi connectivity index (χ1n) is 8.74. The van der Waals surface area contributed by atoms with Gasteiger partial charge in [0.05, 0.1) is 16.7 Å². The molecule has 0 bridgehead atoms. The maximum absolute atomic E-state index is 12.7. The number of aryl methyl sites for hydroxylation is 2. The Hall–Kier alpha value is -3.17. The highest BCUT2D eigenvalue weighted by atomic mass is 32.2. The molecule has 0 radical (unpaired) electrons. The lowest BCUT2D eigenvalue weighted by Gasteiger charge is -2.26. The second-order valence-electron chi connectivity index (χ2n) is 6.64. The summed E-state index contributed by atoms with van der Waals surface area (Å²) < 4.78 is 11.6. The van der Waals surface area contributed by atoms with Gasteiger partial charge < -0.3 is 14.9 Å². The maximum atomic E-state index is 12.7. The van der Waals surface area contributed by atoms with Crippen LogP contribution in [0.4, 0.5) is 0 Å². The first-order valence-corrected chi connectivity index (χ1v) is 9.97. The third-order valence-corrected chi connectivity index (χ3v) is 5.80. The lowest BCUT2D eigenvalue weighted by molar-refractivity contribution is 0.398. The average molecular weight is 390 g/mol. The zero-order valence-corrected chi connectivity index (χ0v) is 16.5. The summed E-state index contributed by atoms with van der Waals surface area (Å²) in [6, 6.07) is 13.4. The minimum absolute atomic E-state index is 0.0483. The van der Waals surface area contributed by atoms with Crippen molar-refractivity contribution in [3.63, 3.8) is 0 Å². The number of benzene rings is 1. The molecule has 0 spiro atoms. The number of hydrogen-bond donors (Lipinski definition) is 1. The van der Waals surface area contributed by atoms with Crippen LogP contribution < -0.4 is 15.9 Å². The quantitative estimate of drug-likeness (QED) is 0.654. The van der Waals surface area contributed by atoms with E-state index in [0.29, 0.717) is 33.6 Å². The molecule has 2 N–H and O–H groups in total.